The summed E-state index contributed by atoms with van der Waals surface area (Å²) in [7, 11) is 0. The molecule has 7 heteroatoms. The lowest BCUT2D eigenvalue weighted by atomic mass is 10.2. The minimum atomic E-state index is -0.843. The molecule has 0 spiro atoms. The van der Waals surface area contributed by atoms with Crippen LogP contribution in [0.15, 0.2) is 11.8 Å². The summed E-state index contributed by atoms with van der Waals surface area (Å²) in [6.45, 7) is 2.55. The van der Waals surface area contributed by atoms with Crippen LogP contribution in [0.3, 0.4) is 0 Å². The van der Waals surface area contributed by atoms with Gasteiger partial charge in [0.15, 0.2) is 12.0 Å². The van der Waals surface area contributed by atoms with Crippen LogP contribution in [0.5, 0.6) is 0 Å². The molecule has 2 aliphatic heterocycles. The lowest BCUT2D eigenvalue weighted by Gasteiger charge is -2.33. The fraction of sp³-hybridized carbons (Fsp3) is 0.545. The highest BCUT2D eigenvalue weighted by molar-refractivity contribution is 5.84. The number of nitrogens with zero attached hydrogens (tertiary/aromatic N) is 1. The summed E-state index contributed by atoms with van der Waals surface area (Å²) >= 11 is 0. The number of hydrogen-bond acceptors (Lipinski definition) is 6. The Morgan fingerprint density at radius 1 is 1.44 bits per heavy atom. The van der Waals surface area contributed by atoms with Crippen molar-refractivity contribution in [3.8, 4) is 0 Å². The van der Waals surface area contributed by atoms with Gasteiger partial charge in [-0.05, 0) is 6.08 Å². The van der Waals surface area contributed by atoms with E-state index in [-0.39, 0.29) is 25.2 Å². The van der Waals surface area contributed by atoms with Gasteiger partial charge in [0.2, 0.25) is 12.1 Å². The van der Waals surface area contributed by atoms with Crippen molar-refractivity contribution in [3.63, 3.8) is 0 Å². The van der Waals surface area contributed by atoms with Crippen molar-refractivity contribution in [1.82, 2.24) is 4.90 Å². The molecule has 2 aliphatic rings. The Labute approximate surface area is 103 Å². The monoisotopic (exact) mass is 255 g/mol. The third-order valence-corrected chi connectivity index (χ3v) is 2.56. The smallest absolute Gasteiger partial charge is 0.304 e. The number of rotatable bonds is 3. The van der Waals surface area contributed by atoms with Crippen LogP contribution in [0.1, 0.15) is 20.3 Å². The van der Waals surface area contributed by atoms with Crippen LogP contribution in [-0.2, 0) is 28.6 Å². The number of fused-ring (bicyclic) bond motifs is 1. The van der Waals surface area contributed by atoms with Crippen LogP contribution in [0, 0.1) is 0 Å². The molecule has 0 bridgehead atoms. The van der Waals surface area contributed by atoms with Gasteiger partial charge >= 0.3 is 11.9 Å². The third-order valence-electron chi connectivity index (χ3n) is 2.56. The van der Waals surface area contributed by atoms with Gasteiger partial charge < -0.3 is 14.2 Å². The summed E-state index contributed by atoms with van der Waals surface area (Å²) in [6.07, 6.45) is 0.526. The first kappa shape index (κ1) is 12.4. The van der Waals surface area contributed by atoms with E-state index in [0.29, 0.717) is 5.76 Å². The minimum absolute atomic E-state index is 0.0111. The van der Waals surface area contributed by atoms with Gasteiger partial charge in [-0.3, -0.25) is 19.3 Å². The van der Waals surface area contributed by atoms with Crippen LogP contribution >= 0.6 is 0 Å². The normalized spacial score (nSPS) is 27.3. The Balaban J connectivity index is 2.06. The molecule has 0 N–H and O–H groups in total. The fourth-order valence-electron chi connectivity index (χ4n) is 1.80. The topological polar surface area (TPSA) is 82.1 Å². The Morgan fingerprint density at radius 3 is 2.72 bits per heavy atom. The second-order valence-corrected chi connectivity index (χ2v) is 3.95. The number of carbonyl (C=O) groups is 3. The summed E-state index contributed by atoms with van der Waals surface area (Å²) < 4.78 is 15.2. The predicted molar refractivity (Wildman–Crippen MR) is 56.6 cm³/mol. The molecule has 0 radical (unpaired) electrons. The molecule has 2 fully saturated rings. The van der Waals surface area contributed by atoms with E-state index in [2.05, 4.69) is 0 Å². The molecule has 0 aromatic rings. The van der Waals surface area contributed by atoms with E-state index < -0.39 is 18.2 Å². The highest BCUT2D eigenvalue weighted by Crippen LogP contribution is 2.36. The zero-order valence-corrected chi connectivity index (χ0v) is 10.0. The zero-order chi connectivity index (χ0) is 13.3. The van der Waals surface area contributed by atoms with Gasteiger partial charge in [0.05, 0.1) is 6.42 Å². The van der Waals surface area contributed by atoms with Crippen LogP contribution in [0.2, 0.25) is 0 Å². The third kappa shape index (κ3) is 2.29. The summed E-state index contributed by atoms with van der Waals surface area (Å²) in [5, 5.41) is 0. The molecule has 0 saturated carbocycles. The molecule has 1 amide bonds. The standard InChI is InChI=1S/C11H13NO6/c1-6(13)16-4-3-8-11(17-7(2)14)12-9(15)5-10(12)18-8/h3,10-11H,4-5H2,1-2H3/t10-,11?/m1/s1. The zero-order valence-electron chi connectivity index (χ0n) is 10.0. The SMILES string of the molecule is CC(=O)OCC=C1O[C@@H]2CC(=O)N2C1OC(C)=O. The maximum absolute atomic E-state index is 11.4. The number of carbonyl (C=O) groups excluding carboxylic acids is 3. The molecule has 2 heterocycles. The molecule has 18 heavy (non-hydrogen) atoms. The first-order chi connectivity index (χ1) is 8.49. The lowest BCUT2D eigenvalue weighted by molar-refractivity contribution is -0.173. The average Bonchev–Trinajstić information content (AvgIpc) is 2.49. The second-order valence-electron chi connectivity index (χ2n) is 3.95. The van der Waals surface area contributed by atoms with E-state index in [9.17, 15) is 14.4 Å². The van der Waals surface area contributed by atoms with Gasteiger partial charge in [0, 0.05) is 13.8 Å². The van der Waals surface area contributed by atoms with Crippen molar-refractivity contribution < 1.29 is 28.6 Å². The number of amides is 1. The van der Waals surface area contributed by atoms with E-state index in [1.54, 1.807) is 0 Å². The molecule has 0 aromatic carbocycles. The van der Waals surface area contributed by atoms with Gasteiger partial charge in [0.25, 0.3) is 0 Å². The Bertz CT molecular complexity index is 429. The lowest BCUT2D eigenvalue weighted by Crippen LogP contribution is -2.53. The maximum atomic E-state index is 11.4. The molecule has 2 saturated heterocycles. The summed E-state index contributed by atoms with van der Waals surface area (Å²) in [5.74, 6) is -0.750. The van der Waals surface area contributed by atoms with Crippen molar-refractivity contribution >= 4 is 17.8 Å². The first-order valence-corrected chi connectivity index (χ1v) is 5.47. The molecule has 2 rings (SSSR count). The van der Waals surface area contributed by atoms with Gasteiger partial charge in [-0.25, -0.2) is 0 Å². The average molecular weight is 255 g/mol. The quantitative estimate of drug-likeness (QED) is 0.518. The summed E-state index contributed by atoms with van der Waals surface area (Å²) in [4.78, 5) is 34.3. The Kier molecular flexibility index (Phi) is 3.22. The number of β-lactam (4-membered cyclic amide) rings is 1. The number of ether oxygens (including phenoxy) is 3. The fourth-order valence-corrected chi connectivity index (χ4v) is 1.80. The molecular weight excluding hydrogens is 242 g/mol. The van der Waals surface area contributed by atoms with E-state index in [1.807, 2.05) is 0 Å². The summed E-state index contributed by atoms with van der Waals surface area (Å²) in [6, 6.07) is 0. The van der Waals surface area contributed by atoms with Crippen molar-refractivity contribution in [2.45, 2.75) is 32.7 Å². The van der Waals surface area contributed by atoms with Gasteiger partial charge in [-0.2, -0.15) is 0 Å². The van der Waals surface area contributed by atoms with Crippen LogP contribution in [0.25, 0.3) is 0 Å². The first-order valence-electron chi connectivity index (χ1n) is 5.47. The van der Waals surface area contributed by atoms with Crippen molar-refractivity contribution in [3.05, 3.63) is 11.8 Å². The largest absolute Gasteiger partial charge is 0.468 e. The van der Waals surface area contributed by atoms with Crippen LogP contribution in [0.4, 0.5) is 0 Å². The van der Waals surface area contributed by atoms with E-state index in [1.165, 1.54) is 24.8 Å². The predicted octanol–water partition coefficient (Wildman–Crippen LogP) is -0.0888. The Hall–Kier alpha value is -2.05. The number of esters is 2. The highest BCUT2D eigenvalue weighted by Gasteiger charge is 2.52. The van der Waals surface area contributed by atoms with Crippen molar-refractivity contribution in [1.29, 1.82) is 0 Å². The van der Waals surface area contributed by atoms with E-state index in [4.69, 9.17) is 14.2 Å². The highest BCUT2D eigenvalue weighted by atomic mass is 16.6. The van der Waals surface area contributed by atoms with E-state index >= 15 is 0 Å². The second kappa shape index (κ2) is 4.67. The maximum Gasteiger partial charge on any atom is 0.304 e. The minimum Gasteiger partial charge on any atom is -0.468 e. The molecule has 0 aromatic heterocycles. The van der Waals surface area contributed by atoms with Gasteiger partial charge in [-0.15, -0.1) is 0 Å². The van der Waals surface area contributed by atoms with E-state index in [0.717, 1.165) is 0 Å². The molecule has 2 atom stereocenters. The Morgan fingerprint density at radius 2 is 2.17 bits per heavy atom. The van der Waals surface area contributed by atoms with Crippen LogP contribution < -0.4 is 0 Å². The molecule has 1 unspecified atom stereocenters. The molecular formula is C11H13NO6. The molecule has 98 valence electrons. The van der Waals surface area contributed by atoms with Crippen molar-refractivity contribution in [2.24, 2.45) is 0 Å². The van der Waals surface area contributed by atoms with Gasteiger partial charge in [0.1, 0.15) is 6.61 Å². The van der Waals surface area contributed by atoms with Gasteiger partial charge in [-0.1, -0.05) is 0 Å². The van der Waals surface area contributed by atoms with Crippen molar-refractivity contribution in [2.75, 3.05) is 6.61 Å². The molecule has 7 nitrogen and oxygen atoms in total. The number of hydrogen-bond donors (Lipinski definition) is 0. The van der Waals surface area contributed by atoms with Crippen LogP contribution in [-0.4, -0.2) is 41.8 Å². The molecule has 0 aliphatic carbocycles. The summed E-state index contributed by atoms with van der Waals surface area (Å²) in [5.41, 5.74) is 0.